The van der Waals surface area contributed by atoms with Crippen molar-refractivity contribution in [2.45, 2.75) is 5.92 Å². The van der Waals surface area contributed by atoms with Gasteiger partial charge in [-0.1, -0.05) is 30.3 Å². The maximum atomic E-state index is 12.9. The van der Waals surface area contributed by atoms with Gasteiger partial charge >= 0.3 is 5.97 Å². The van der Waals surface area contributed by atoms with E-state index in [1.165, 1.54) is 0 Å². The lowest BCUT2D eigenvalue weighted by molar-refractivity contribution is -0.141. The molecule has 1 amide bonds. The number of nitrogens with zero attached hydrogens (tertiary/aromatic N) is 3. The van der Waals surface area contributed by atoms with Crippen molar-refractivity contribution in [3.05, 3.63) is 66.0 Å². The number of hydrogen-bond acceptors (Lipinski definition) is 3. The molecule has 0 bridgehead atoms. The molecule has 0 spiro atoms. The van der Waals surface area contributed by atoms with Crippen LogP contribution in [0, 0.1) is 5.92 Å². The number of benzene rings is 2. The van der Waals surface area contributed by atoms with Gasteiger partial charge in [0.25, 0.3) is 5.91 Å². The number of amides is 1. The fourth-order valence-electron chi connectivity index (χ4n) is 3.71. The molecule has 1 fully saturated rings. The third-order valence-corrected chi connectivity index (χ3v) is 5.12. The van der Waals surface area contributed by atoms with Crippen LogP contribution < -0.4 is 0 Å². The first-order valence-corrected chi connectivity index (χ1v) is 8.52. The summed E-state index contributed by atoms with van der Waals surface area (Å²) in [6.45, 7) is 0.619. The van der Waals surface area contributed by atoms with Crippen LogP contribution in [0.2, 0.25) is 0 Å². The van der Waals surface area contributed by atoms with Gasteiger partial charge in [-0.3, -0.25) is 9.59 Å². The first-order valence-electron chi connectivity index (χ1n) is 8.52. The summed E-state index contributed by atoms with van der Waals surface area (Å²) in [7, 11) is 1.90. The van der Waals surface area contributed by atoms with Gasteiger partial charge in [0.2, 0.25) is 0 Å². The van der Waals surface area contributed by atoms with Crippen molar-refractivity contribution in [2.24, 2.45) is 13.0 Å². The molecule has 26 heavy (non-hydrogen) atoms. The van der Waals surface area contributed by atoms with Gasteiger partial charge in [-0.15, -0.1) is 0 Å². The van der Waals surface area contributed by atoms with E-state index in [1.54, 1.807) is 23.4 Å². The third-order valence-electron chi connectivity index (χ3n) is 5.12. The van der Waals surface area contributed by atoms with Crippen LogP contribution in [0.3, 0.4) is 0 Å². The summed E-state index contributed by atoms with van der Waals surface area (Å²) in [6.07, 6.45) is 1.71. The number of carbonyl (C=O) groups excluding carboxylic acids is 1. The maximum Gasteiger partial charge on any atom is 0.308 e. The average molecular weight is 349 g/mol. The van der Waals surface area contributed by atoms with E-state index in [9.17, 15) is 14.7 Å². The van der Waals surface area contributed by atoms with Crippen molar-refractivity contribution < 1.29 is 14.7 Å². The third kappa shape index (κ3) is 2.73. The number of carbonyl (C=O) groups is 2. The molecule has 0 radical (unpaired) electrons. The summed E-state index contributed by atoms with van der Waals surface area (Å²) < 4.78 is 1.89. The largest absolute Gasteiger partial charge is 0.481 e. The van der Waals surface area contributed by atoms with E-state index in [0.29, 0.717) is 12.1 Å². The Morgan fingerprint density at radius 3 is 2.62 bits per heavy atom. The topological polar surface area (TPSA) is 75.4 Å². The molecule has 132 valence electrons. The molecular weight excluding hydrogens is 330 g/mol. The smallest absolute Gasteiger partial charge is 0.308 e. The van der Waals surface area contributed by atoms with Crippen LogP contribution in [-0.2, 0) is 11.8 Å². The van der Waals surface area contributed by atoms with Crippen LogP contribution in [0.1, 0.15) is 21.8 Å². The summed E-state index contributed by atoms with van der Waals surface area (Å²) in [5, 5.41) is 9.61. The van der Waals surface area contributed by atoms with Gasteiger partial charge in [0.1, 0.15) is 0 Å². The van der Waals surface area contributed by atoms with E-state index in [-0.39, 0.29) is 18.4 Å². The highest BCUT2D eigenvalue weighted by atomic mass is 16.4. The van der Waals surface area contributed by atoms with Crippen LogP contribution in [0.25, 0.3) is 11.0 Å². The molecular formula is C20H19N3O3. The molecule has 1 aromatic heterocycles. The van der Waals surface area contributed by atoms with E-state index in [2.05, 4.69) is 4.98 Å². The highest BCUT2D eigenvalue weighted by molar-refractivity contribution is 5.98. The highest BCUT2D eigenvalue weighted by Gasteiger charge is 2.40. The molecule has 6 nitrogen and oxygen atoms in total. The van der Waals surface area contributed by atoms with Gasteiger partial charge in [-0.05, 0) is 23.8 Å². The quantitative estimate of drug-likeness (QED) is 0.788. The second-order valence-corrected chi connectivity index (χ2v) is 6.73. The second kappa shape index (κ2) is 6.29. The Morgan fingerprint density at radius 1 is 1.12 bits per heavy atom. The fraction of sp³-hybridized carbons (Fsp3) is 0.250. The standard InChI is InChI=1S/C20H19N3O3/c1-22-12-21-17-9-14(7-8-18(17)22)19(24)23-10-15(16(11-23)20(25)26)13-5-3-2-4-6-13/h2-9,12,15-16H,10-11H2,1H3,(H,25,26). The van der Waals surface area contributed by atoms with Crippen molar-refractivity contribution >= 4 is 22.9 Å². The number of hydrogen-bond donors (Lipinski definition) is 1. The first-order chi connectivity index (χ1) is 12.5. The van der Waals surface area contributed by atoms with Gasteiger partial charge in [0.15, 0.2) is 0 Å². The Morgan fingerprint density at radius 2 is 1.88 bits per heavy atom. The molecule has 0 saturated carbocycles. The number of fused-ring (bicyclic) bond motifs is 1. The van der Waals surface area contributed by atoms with E-state index >= 15 is 0 Å². The Balaban J connectivity index is 1.62. The minimum Gasteiger partial charge on any atom is -0.481 e. The summed E-state index contributed by atoms with van der Waals surface area (Å²) in [4.78, 5) is 30.6. The number of carboxylic acids is 1. The van der Waals surface area contributed by atoms with Gasteiger partial charge in [0, 0.05) is 31.6 Å². The van der Waals surface area contributed by atoms with Crippen molar-refractivity contribution in [3.8, 4) is 0 Å². The number of aromatic nitrogens is 2. The molecule has 2 unspecified atom stereocenters. The molecule has 1 N–H and O–H groups in total. The lowest BCUT2D eigenvalue weighted by Gasteiger charge is -2.16. The normalized spacial score (nSPS) is 19.8. The molecule has 1 saturated heterocycles. The highest BCUT2D eigenvalue weighted by Crippen LogP contribution is 2.33. The molecule has 1 aliphatic heterocycles. The van der Waals surface area contributed by atoms with Crippen molar-refractivity contribution in [1.29, 1.82) is 0 Å². The Kier molecular flexibility index (Phi) is 3.95. The average Bonchev–Trinajstić information content (AvgIpc) is 3.26. The first kappa shape index (κ1) is 16.3. The summed E-state index contributed by atoms with van der Waals surface area (Å²) in [5.41, 5.74) is 3.20. The summed E-state index contributed by atoms with van der Waals surface area (Å²) in [5.74, 6) is -1.81. The molecule has 2 heterocycles. The van der Waals surface area contributed by atoms with E-state index in [0.717, 1.165) is 16.6 Å². The summed E-state index contributed by atoms with van der Waals surface area (Å²) >= 11 is 0. The Bertz CT molecular complexity index is 980. The zero-order chi connectivity index (χ0) is 18.3. The van der Waals surface area contributed by atoms with Gasteiger partial charge < -0.3 is 14.6 Å². The van der Waals surface area contributed by atoms with E-state index in [1.807, 2.05) is 48.0 Å². The van der Waals surface area contributed by atoms with Crippen molar-refractivity contribution in [2.75, 3.05) is 13.1 Å². The maximum absolute atomic E-state index is 12.9. The number of aryl methyl sites for hydroxylation is 1. The molecule has 6 heteroatoms. The molecule has 0 aliphatic carbocycles. The number of imidazole rings is 1. The number of aliphatic carboxylic acids is 1. The lowest BCUT2D eigenvalue weighted by atomic mass is 9.89. The number of carboxylic acid groups (broad SMARTS) is 1. The molecule has 2 atom stereocenters. The molecule has 1 aliphatic rings. The van der Waals surface area contributed by atoms with Gasteiger partial charge in [0.05, 0.1) is 23.3 Å². The Labute approximate surface area is 150 Å². The fourth-order valence-corrected chi connectivity index (χ4v) is 3.71. The molecule has 4 rings (SSSR count). The second-order valence-electron chi connectivity index (χ2n) is 6.73. The van der Waals surface area contributed by atoms with Crippen molar-refractivity contribution in [1.82, 2.24) is 14.5 Å². The van der Waals surface area contributed by atoms with Gasteiger partial charge in [-0.25, -0.2) is 4.98 Å². The lowest BCUT2D eigenvalue weighted by Crippen LogP contribution is -2.29. The van der Waals surface area contributed by atoms with Crippen LogP contribution >= 0.6 is 0 Å². The summed E-state index contributed by atoms with van der Waals surface area (Å²) in [6, 6.07) is 15.0. The number of likely N-dealkylation sites (tertiary alicyclic amines) is 1. The van der Waals surface area contributed by atoms with Crippen LogP contribution in [0.5, 0.6) is 0 Å². The predicted molar refractivity (Wildman–Crippen MR) is 96.9 cm³/mol. The minimum atomic E-state index is -0.866. The zero-order valence-electron chi connectivity index (χ0n) is 14.4. The number of rotatable bonds is 3. The SMILES string of the molecule is Cn1cnc2cc(C(=O)N3CC(C(=O)O)C(c4ccccc4)C3)ccc21. The van der Waals surface area contributed by atoms with Gasteiger partial charge in [-0.2, -0.15) is 0 Å². The van der Waals surface area contributed by atoms with Crippen LogP contribution in [0.4, 0.5) is 0 Å². The van der Waals surface area contributed by atoms with E-state index in [4.69, 9.17) is 0 Å². The minimum absolute atomic E-state index is 0.151. The van der Waals surface area contributed by atoms with E-state index < -0.39 is 11.9 Å². The molecule has 2 aromatic carbocycles. The van der Waals surface area contributed by atoms with Crippen LogP contribution in [-0.4, -0.2) is 44.5 Å². The van der Waals surface area contributed by atoms with Crippen molar-refractivity contribution in [3.63, 3.8) is 0 Å². The molecule has 3 aromatic rings. The Hall–Kier alpha value is -3.15. The predicted octanol–water partition coefficient (Wildman–Crippen LogP) is 2.51. The van der Waals surface area contributed by atoms with Crippen LogP contribution in [0.15, 0.2) is 54.9 Å². The zero-order valence-corrected chi connectivity index (χ0v) is 14.4. The monoisotopic (exact) mass is 349 g/mol.